The van der Waals surface area contributed by atoms with Gasteiger partial charge in [-0.15, -0.1) is 12.3 Å². The summed E-state index contributed by atoms with van der Waals surface area (Å²) in [5, 5.41) is 12.8. The van der Waals surface area contributed by atoms with Crippen molar-refractivity contribution in [1.29, 1.82) is 0 Å². The standard InChI is InChI=1S/C10H19NO/c1-6-7-8(2)11-9(3)10(4,5)12/h1,8-9,11-12H,7H2,2-5H3. The van der Waals surface area contributed by atoms with Gasteiger partial charge in [-0.05, 0) is 27.7 Å². The van der Waals surface area contributed by atoms with Crippen molar-refractivity contribution in [2.75, 3.05) is 0 Å². The van der Waals surface area contributed by atoms with E-state index in [4.69, 9.17) is 6.42 Å². The molecule has 2 atom stereocenters. The Bertz CT molecular complexity index is 164. The molecule has 0 saturated carbocycles. The van der Waals surface area contributed by atoms with Gasteiger partial charge in [0.05, 0.1) is 5.60 Å². The highest BCUT2D eigenvalue weighted by atomic mass is 16.3. The van der Waals surface area contributed by atoms with Gasteiger partial charge >= 0.3 is 0 Å². The van der Waals surface area contributed by atoms with E-state index in [0.717, 1.165) is 0 Å². The molecule has 0 aliphatic heterocycles. The van der Waals surface area contributed by atoms with Gasteiger partial charge in [-0.2, -0.15) is 0 Å². The van der Waals surface area contributed by atoms with Crippen LogP contribution < -0.4 is 5.32 Å². The molecule has 0 bridgehead atoms. The fraction of sp³-hybridized carbons (Fsp3) is 0.800. The van der Waals surface area contributed by atoms with Crippen molar-refractivity contribution in [2.45, 2.75) is 51.8 Å². The van der Waals surface area contributed by atoms with E-state index in [2.05, 4.69) is 11.2 Å². The minimum atomic E-state index is -0.692. The quantitative estimate of drug-likeness (QED) is 0.619. The molecular weight excluding hydrogens is 150 g/mol. The summed E-state index contributed by atoms with van der Waals surface area (Å²) in [6, 6.07) is 0.317. The van der Waals surface area contributed by atoms with E-state index in [1.54, 1.807) is 13.8 Å². The van der Waals surface area contributed by atoms with Crippen molar-refractivity contribution in [3.05, 3.63) is 0 Å². The van der Waals surface area contributed by atoms with Gasteiger partial charge in [0.1, 0.15) is 0 Å². The lowest BCUT2D eigenvalue weighted by Gasteiger charge is -2.29. The maximum absolute atomic E-state index is 9.59. The van der Waals surface area contributed by atoms with Gasteiger partial charge in [0, 0.05) is 18.5 Å². The number of terminal acetylenes is 1. The van der Waals surface area contributed by atoms with Gasteiger partial charge in [0.15, 0.2) is 0 Å². The molecule has 2 heteroatoms. The summed E-state index contributed by atoms with van der Waals surface area (Å²) in [5.41, 5.74) is -0.692. The Balaban J connectivity index is 3.86. The smallest absolute Gasteiger partial charge is 0.0741 e. The van der Waals surface area contributed by atoms with Gasteiger partial charge < -0.3 is 10.4 Å². The second-order valence-corrected chi connectivity index (χ2v) is 3.85. The van der Waals surface area contributed by atoms with Gasteiger partial charge in [0.2, 0.25) is 0 Å². The number of rotatable bonds is 4. The highest BCUT2D eigenvalue weighted by Gasteiger charge is 2.22. The molecule has 0 aromatic heterocycles. The second kappa shape index (κ2) is 4.49. The zero-order chi connectivity index (χ0) is 9.78. The van der Waals surface area contributed by atoms with Crippen molar-refractivity contribution in [2.24, 2.45) is 0 Å². The fourth-order valence-corrected chi connectivity index (χ4v) is 0.866. The van der Waals surface area contributed by atoms with Crippen LogP contribution in [0, 0.1) is 12.3 Å². The average molecular weight is 169 g/mol. The van der Waals surface area contributed by atoms with Gasteiger partial charge in [0.25, 0.3) is 0 Å². The van der Waals surface area contributed by atoms with Crippen LogP contribution in [0.3, 0.4) is 0 Å². The SMILES string of the molecule is C#CCC(C)NC(C)C(C)(C)O. The van der Waals surface area contributed by atoms with Crippen LogP contribution in [0.5, 0.6) is 0 Å². The van der Waals surface area contributed by atoms with Gasteiger partial charge in [-0.3, -0.25) is 0 Å². The Morgan fingerprint density at radius 3 is 2.33 bits per heavy atom. The van der Waals surface area contributed by atoms with Crippen molar-refractivity contribution in [1.82, 2.24) is 5.32 Å². The predicted octanol–water partition coefficient (Wildman–Crippen LogP) is 1.15. The number of hydrogen-bond acceptors (Lipinski definition) is 2. The molecule has 12 heavy (non-hydrogen) atoms. The maximum Gasteiger partial charge on any atom is 0.0741 e. The summed E-state index contributed by atoms with van der Waals surface area (Å²) >= 11 is 0. The molecule has 0 heterocycles. The monoisotopic (exact) mass is 169 g/mol. The van der Waals surface area contributed by atoms with Crippen LogP contribution in [-0.2, 0) is 0 Å². The third-order valence-electron chi connectivity index (χ3n) is 2.02. The second-order valence-electron chi connectivity index (χ2n) is 3.85. The van der Waals surface area contributed by atoms with E-state index in [9.17, 15) is 5.11 Å². The minimum absolute atomic E-state index is 0.0563. The third kappa shape index (κ3) is 4.38. The van der Waals surface area contributed by atoms with E-state index < -0.39 is 5.60 Å². The van der Waals surface area contributed by atoms with Crippen LogP contribution in [0.25, 0.3) is 0 Å². The molecule has 0 saturated heterocycles. The molecule has 0 amide bonds. The molecule has 0 fully saturated rings. The normalized spacial score (nSPS) is 16.7. The minimum Gasteiger partial charge on any atom is -0.389 e. The van der Waals surface area contributed by atoms with Crippen molar-refractivity contribution in [3.63, 3.8) is 0 Å². The largest absolute Gasteiger partial charge is 0.389 e. The highest BCUT2D eigenvalue weighted by Crippen LogP contribution is 2.08. The van der Waals surface area contributed by atoms with Crippen molar-refractivity contribution < 1.29 is 5.11 Å². The summed E-state index contributed by atoms with van der Waals surface area (Å²) in [6.07, 6.45) is 5.86. The first-order valence-electron chi connectivity index (χ1n) is 4.29. The molecule has 0 spiro atoms. The number of nitrogens with one attached hydrogen (secondary N) is 1. The molecule has 0 rings (SSSR count). The van der Waals surface area contributed by atoms with Crippen LogP contribution >= 0.6 is 0 Å². The van der Waals surface area contributed by atoms with E-state index in [1.807, 2.05) is 13.8 Å². The highest BCUT2D eigenvalue weighted by molar-refractivity contribution is 4.90. The molecule has 2 unspecified atom stereocenters. The van der Waals surface area contributed by atoms with Crippen molar-refractivity contribution in [3.8, 4) is 12.3 Å². The summed E-state index contributed by atoms with van der Waals surface area (Å²) in [4.78, 5) is 0. The predicted molar refractivity (Wildman–Crippen MR) is 51.8 cm³/mol. The Kier molecular flexibility index (Phi) is 4.30. The lowest BCUT2D eigenvalue weighted by molar-refractivity contribution is 0.0408. The zero-order valence-electron chi connectivity index (χ0n) is 8.39. The lowest BCUT2D eigenvalue weighted by atomic mass is 10.00. The Labute approximate surface area is 75.4 Å². The molecule has 0 aromatic rings. The van der Waals surface area contributed by atoms with Gasteiger partial charge in [-0.25, -0.2) is 0 Å². The number of aliphatic hydroxyl groups is 1. The fourth-order valence-electron chi connectivity index (χ4n) is 0.866. The molecule has 0 aliphatic rings. The summed E-state index contributed by atoms with van der Waals surface area (Å²) in [6.45, 7) is 7.54. The first-order chi connectivity index (χ1) is 5.38. The molecule has 0 radical (unpaired) electrons. The third-order valence-corrected chi connectivity index (χ3v) is 2.02. The van der Waals surface area contributed by atoms with E-state index in [1.165, 1.54) is 0 Å². The average Bonchev–Trinajstić information content (AvgIpc) is 1.85. The van der Waals surface area contributed by atoms with Crippen LogP contribution in [0.15, 0.2) is 0 Å². The molecule has 0 aliphatic carbocycles. The topological polar surface area (TPSA) is 32.3 Å². The van der Waals surface area contributed by atoms with Crippen LogP contribution in [-0.4, -0.2) is 22.8 Å². The van der Waals surface area contributed by atoms with Crippen LogP contribution in [0.4, 0.5) is 0 Å². The van der Waals surface area contributed by atoms with E-state index >= 15 is 0 Å². The molecule has 2 N–H and O–H groups in total. The molecular formula is C10H19NO. The lowest BCUT2D eigenvalue weighted by Crippen LogP contribution is -2.47. The summed E-state index contributed by atoms with van der Waals surface area (Å²) < 4.78 is 0. The molecule has 2 nitrogen and oxygen atoms in total. The molecule has 0 aromatic carbocycles. The Morgan fingerprint density at radius 1 is 1.50 bits per heavy atom. The van der Waals surface area contributed by atoms with Gasteiger partial charge in [-0.1, -0.05) is 0 Å². The summed E-state index contributed by atoms with van der Waals surface area (Å²) in [5.74, 6) is 2.58. The first-order valence-corrected chi connectivity index (χ1v) is 4.29. The summed E-state index contributed by atoms with van der Waals surface area (Å²) in [7, 11) is 0. The Morgan fingerprint density at radius 2 is 2.00 bits per heavy atom. The van der Waals surface area contributed by atoms with E-state index in [0.29, 0.717) is 6.42 Å². The Hall–Kier alpha value is -0.520. The number of hydrogen-bond donors (Lipinski definition) is 2. The van der Waals surface area contributed by atoms with Crippen LogP contribution in [0.1, 0.15) is 34.1 Å². The van der Waals surface area contributed by atoms with E-state index in [-0.39, 0.29) is 12.1 Å². The maximum atomic E-state index is 9.59. The first kappa shape index (κ1) is 11.5. The zero-order valence-corrected chi connectivity index (χ0v) is 8.39. The van der Waals surface area contributed by atoms with Crippen LogP contribution in [0.2, 0.25) is 0 Å². The molecule has 70 valence electrons. The van der Waals surface area contributed by atoms with Crippen molar-refractivity contribution >= 4 is 0 Å².